The molecule has 7 unspecified atom stereocenters. The Hall–Kier alpha value is -1.29. The molecule has 1 saturated carbocycles. The number of hydrogen-bond donors (Lipinski definition) is 0. The van der Waals surface area contributed by atoms with Crippen LogP contribution in [0.5, 0.6) is 0 Å². The number of fused-ring (bicyclic) bond motifs is 1. The van der Waals surface area contributed by atoms with Crippen LogP contribution in [0.25, 0.3) is 0 Å². The van der Waals surface area contributed by atoms with E-state index in [1.165, 1.54) is 18.4 Å². The molecule has 0 N–H and O–H groups in total. The highest BCUT2D eigenvalue weighted by Crippen LogP contribution is 2.60. The second-order valence-corrected chi connectivity index (χ2v) is 10.7. The van der Waals surface area contributed by atoms with Gasteiger partial charge in [0, 0.05) is 5.92 Å². The zero-order chi connectivity index (χ0) is 20.1. The molecule has 0 saturated heterocycles. The Labute approximate surface area is 167 Å². The molecule has 0 aromatic heterocycles. The van der Waals surface area contributed by atoms with E-state index in [1.807, 2.05) is 0 Å². The molecule has 3 aliphatic carbocycles. The van der Waals surface area contributed by atoms with Crippen LogP contribution in [-0.4, -0.2) is 0 Å². The van der Waals surface area contributed by atoms with Crippen LogP contribution < -0.4 is 0 Å². The summed E-state index contributed by atoms with van der Waals surface area (Å²) >= 11 is 0. The molecule has 0 aromatic rings. The van der Waals surface area contributed by atoms with Crippen molar-refractivity contribution < 1.29 is 0 Å². The van der Waals surface area contributed by atoms with E-state index in [9.17, 15) is 5.26 Å². The van der Waals surface area contributed by atoms with Crippen molar-refractivity contribution in [2.24, 2.45) is 52.3 Å². The van der Waals surface area contributed by atoms with Gasteiger partial charge in [-0.05, 0) is 67.1 Å². The second-order valence-electron chi connectivity index (χ2n) is 10.7. The first kappa shape index (κ1) is 20.4. The molecule has 1 fully saturated rings. The largest absolute Gasteiger partial charge is 0.197 e. The Balaban J connectivity index is 2.00. The van der Waals surface area contributed by atoms with Crippen molar-refractivity contribution in [3.63, 3.8) is 0 Å². The molecule has 0 radical (unpaired) electrons. The molecule has 27 heavy (non-hydrogen) atoms. The summed E-state index contributed by atoms with van der Waals surface area (Å²) in [4.78, 5) is 0. The van der Waals surface area contributed by atoms with E-state index in [1.54, 1.807) is 5.57 Å². The predicted octanol–water partition coefficient (Wildman–Crippen LogP) is 7.19. The minimum absolute atomic E-state index is 0.303. The van der Waals surface area contributed by atoms with E-state index >= 15 is 0 Å². The van der Waals surface area contributed by atoms with Crippen molar-refractivity contribution in [1.29, 1.82) is 5.26 Å². The normalized spacial score (nSPS) is 46.4. The average molecular weight is 366 g/mol. The molecular weight excluding hydrogens is 326 g/mol. The fraction of sp³-hybridized carbons (Fsp3) is 0.731. The first-order chi connectivity index (χ1) is 12.6. The lowest BCUT2D eigenvalue weighted by Gasteiger charge is -2.57. The number of allylic oxidation sites excluding steroid dienone is 5. The summed E-state index contributed by atoms with van der Waals surface area (Å²) < 4.78 is 0. The lowest BCUT2D eigenvalue weighted by atomic mass is 9.47. The number of nitrogens with zero attached hydrogens (tertiary/aromatic N) is 1. The maximum absolute atomic E-state index is 9.56. The third-order valence-corrected chi connectivity index (χ3v) is 8.76. The topological polar surface area (TPSA) is 23.8 Å². The Morgan fingerprint density at radius 2 is 1.89 bits per heavy atom. The molecule has 0 spiro atoms. The van der Waals surface area contributed by atoms with Crippen molar-refractivity contribution in [1.82, 2.24) is 0 Å². The Morgan fingerprint density at radius 3 is 2.44 bits per heavy atom. The Morgan fingerprint density at radius 1 is 1.22 bits per heavy atom. The third-order valence-electron chi connectivity index (χ3n) is 8.76. The van der Waals surface area contributed by atoms with E-state index in [0.717, 1.165) is 6.42 Å². The van der Waals surface area contributed by atoms with E-state index in [0.29, 0.717) is 46.8 Å². The third kappa shape index (κ3) is 3.24. The van der Waals surface area contributed by atoms with Crippen LogP contribution in [0.4, 0.5) is 0 Å². The van der Waals surface area contributed by atoms with Gasteiger partial charge in [-0.3, -0.25) is 0 Å². The standard InChI is InChI=1S/C26H39N/c1-9-20-13-22-18(4)24(19(5)25(6,7)23(22)12-16(20)2)21-10-11-26(8,15-27)14-17(21)3/h10-11,13,16-17,19,21-24H,4,9,12,14H2,1-3,5-8H3/t16?,17?,19?,21?,22?,23?,24?,26-/m1/s1. The van der Waals surface area contributed by atoms with Gasteiger partial charge in [0.05, 0.1) is 11.5 Å². The molecule has 3 rings (SSSR count). The molecule has 0 heterocycles. The van der Waals surface area contributed by atoms with E-state index in [2.05, 4.69) is 72.8 Å². The second kappa shape index (κ2) is 6.95. The number of rotatable bonds is 2. The maximum atomic E-state index is 9.56. The van der Waals surface area contributed by atoms with Crippen molar-refractivity contribution in [2.45, 2.75) is 67.7 Å². The summed E-state index contributed by atoms with van der Waals surface area (Å²) in [5, 5.41) is 9.56. The molecule has 0 amide bonds. The molecule has 3 aliphatic rings. The molecule has 0 aromatic carbocycles. The Bertz CT molecular complexity index is 702. The van der Waals surface area contributed by atoms with Crippen LogP contribution in [0.2, 0.25) is 0 Å². The lowest BCUT2D eigenvalue weighted by Crippen LogP contribution is -2.50. The van der Waals surface area contributed by atoms with Gasteiger partial charge in [-0.2, -0.15) is 5.26 Å². The van der Waals surface area contributed by atoms with Gasteiger partial charge in [0.1, 0.15) is 0 Å². The van der Waals surface area contributed by atoms with E-state index in [-0.39, 0.29) is 5.41 Å². The smallest absolute Gasteiger partial charge is 0.0728 e. The summed E-state index contributed by atoms with van der Waals surface area (Å²) in [5.41, 5.74) is 3.10. The van der Waals surface area contributed by atoms with Gasteiger partial charge < -0.3 is 0 Å². The first-order valence-corrected chi connectivity index (χ1v) is 11.1. The van der Waals surface area contributed by atoms with E-state index in [4.69, 9.17) is 6.58 Å². The summed E-state index contributed by atoms with van der Waals surface area (Å²) in [6, 6.07) is 2.52. The fourth-order valence-corrected chi connectivity index (χ4v) is 6.66. The molecule has 0 bridgehead atoms. The maximum Gasteiger partial charge on any atom is 0.0728 e. The van der Waals surface area contributed by atoms with Gasteiger partial charge in [0.15, 0.2) is 0 Å². The van der Waals surface area contributed by atoms with Crippen LogP contribution >= 0.6 is 0 Å². The number of hydrogen-bond acceptors (Lipinski definition) is 1. The Kier molecular flexibility index (Phi) is 5.26. The van der Waals surface area contributed by atoms with Crippen molar-refractivity contribution in [2.75, 3.05) is 0 Å². The van der Waals surface area contributed by atoms with Gasteiger partial charge in [0.2, 0.25) is 0 Å². The molecule has 148 valence electrons. The molecule has 1 nitrogen and oxygen atoms in total. The summed E-state index contributed by atoms with van der Waals surface area (Å²) in [6.45, 7) is 21.3. The quantitative estimate of drug-likeness (QED) is 0.475. The first-order valence-electron chi connectivity index (χ1n) is 11.1. The lowest BCUT2D eigenvalue weighted by molar-refractivity contribution is -0.00625. The van der Waals surface area contributed by atoms with Gasteiger partial charge in [0.25, 0.3) is 0 Å². The van der Waals surface area contributed by atoms with Gasteiger partial charge >= 0.3 is 0 Å². The molecule has 1 heteroatoms. The molecule has 8 atom stereocenters. The van der Waals surface area contributed by atoms with Crippen LogP contribution in [0.3, 0.4) is 0 Å². The zero-order valence-electron chi connectivity index (χ0n) is 18.5. The highest BCUT2D eigenvalue weighted by atomic mass is 14.6. The minimum atomic E-state index is -0.303. The summed E-state index contributed by atoms with van der Waals surface area (Å²) in [5.74, 6) is 4.08. The zero-order valence-corrected chi connectivity index (χ0v) is 18.5. The highest BCUT2D eigenvalue weighted by molar-refractivity contribution is 5.30. The monoisotopic (exact) mass is 365 g/mol. The van der Waals surface area contributed by atoms with Gasteiger partial charge in [-0.15, -0.1) is 0 Å². The average Bonchev–Trinajstić information content (AvgIpc) is 2.62. The van der Waals surface area contributed by atoms with Crippen LogP contribution in [0.1, 0.15) is 67.7 Å². The minimum Gasteiger partial charge on any atom is -0.197 e. The fourth-order valence-electron chi connectivity index (χ4n) is 6.66. The van der Waals surface area contributed by atoms with Crippen molar-refractivity contribution >= 4 is 0 Å². The number of nitriles is 1. The summed E-state index contributed by atoms with van der Waals surface area (Å²) in [6.07, 6.45) is 10.6. The van der Waals surface area contributed by atoms with E-state index < -0.39 is 0 Å². The van der Waals surface area contributed by atoms with Crippen LogP contribution in [-0.2, 0) is 0 Å². The molecular formula is C26H39N. The highest BCUT2D eigenvalue weighted by Gasteiger charge is 2.53. The van der Waals surface area contributed by atoms with Crippen molar-refractivity contribution in [3.05, 3.63) is 36.0 Å². The predicted molar refractivity (Wildman–Crippen MR) is 115 cm³/mol. The van der Waals surface area contributed by atoms with Gasteiger partial charge in [-0.25, -0.2) is 0 Å². The van der Waals surface area contributed by atoms with Crippen LogP contribution in [0.15, 0.2) is 36.0 Å². The SMILES string of the molecule is C=C1C2C=C(CC)C(C)CC2C(C)(C)C(C)C1C1C=C[C@@](C)(C#N)CC1C. The summed E-state index contributed by atoms with van der Waals surface area (Å²) in [7, 11) is 0. The van der Waals surface area contributed by atoms with Gasteiger partial charge in [-0.1, -0.05) is 77.5 Å². The van der Waals surface area contributed by atoms with Crippen molar-refractivity contribution in [3.8, 4) is 6.07 Å². The molecule has 0 aliphatic heterocycles. The van der Waals surface area contributed by atoms with Crippen LogP contribution in [0, 0.1) is 63.6 Å².